The van der Waals surface area contributed by atoms with E-state index in [9.17, 15) is 0 Å². The van der Waals surface area contributed by atoms with E-state index in [4.69, 9.17) is 9.82 Å². The Hall–Kier alpha value is -2.08. The molecule has 4 nitrogen and oxygen atoms in total. The molecule has 1 aromatic heterocycles. The summed E-state index contributed by atoms with van der Waals surface area (Å²) in [5.74, 6) is 0.910. The van der Waals surface area contributed by atoms with Crippen LogP contribution < -0.4 is 10.8 Å². The van der Waals surface area contributed by atoms with E-state index in [0.29, 0.717) is 6.61 Å². The second-order valence-corrected chi connectivity index (χ2v) is 6.85. The molecular weight excluding hydrogens is 330 g/mol. The molecule has 0 bridgehead atoms. The number of aromatic nitrogens is 1. The van der Waals surface area contributed by atoms with Gasteiger partial charge in [-0.1, -0.05) is 49.0 Å². The zero-order valence-electron chi connectivity index (χ0n) is 14.8. The highest BCUT2D eigenvalue weighted by molar-refractivity contribution is 7.99. The molecule has 0 aliphatic rings. The number of hydrogen-bond acceptors (Lipinski definition) is 5. The molecule has 0 aliphatic heterocycles. The molecule has 1 heterocycles. The molecule has 2 aromatic carbocycles. The molecule has 2 N–H and O–H groups in total. The predicted molar refractivity (Wildman–Crippen MR) is 105 cm³/mol. The maximum atomic E-state index is 5.41. The zero-order chi connectivity index (χ0) is 17.6. The quantitative estimate of drug-likeness (QED) is 0.473. The summed E-state index contributed by atoms with van der Waals surface area (Å²) in [6.45, 7) is 5.50. The summed E-state index contributed by atoms with van der Waals surface area (Å²) < 4.78 is 0. The van der Waals surface area contributed by atoms with Crippen LogP contribution in [-0.4, -0.2) is 18.6 Å². The van der Waals surface area contributed by atoms with E-state index >= 15 is 0 Å². The molecule has 5 heteroatoms. The van der Waals surface area contributed by atoms with E-state index in [1.807, 2.05) is 20.0 Å². The van der Waals surface area contributed by atoms with Gasteiger partial charge in [0.15, 0.2) is 0 Å². The normalized spacial score (nSPS) is 11.0. The van der Waals surface area contributed by atoms with Crippen molar-refractivity contribution in [2.24, 2.45) is 0 Å². The average molecular weight is 353 g/mol. The van der Waals surface area contributed by atoms with Gasteiger partial charge in [0.1, 0.15) is 10.8 Å². The van der Waals surface area contributed by atoms with Crippen LogP contribution in [0.3, 0.4) is 0 Å². The van der Waals surface area contributed by atoms with Gasteiger partial charge in [0, 0.05) is 23.9 Å². The summed E-state index contributed by atoms with van der Waals surface area (Å²) in [6.07, 6.45) is 0. The summed E-state index contributed by atoms with van der Waals surface area (Å²) in [6, 6.07) is 16.9. The Balaban J connectivity index is 1.82. The molecule has 25 heavy (non-hydrogen) atoms. The lowest BCUT2D eigenvalue weighted by molar-refractivity contribution is 0.0311. The van der Waals surface area contributed by atoms with Gasteiger partial charge in [-0.2, -0.15) is 0 Å². The van der Waals surface area contributed by atoms with E-state index in [0.717, 1.165) is 22.8 Å². The van der Waals surface area contributed by atoms with Crippen molar-refractivity contribution in [3.63, 3.8) is 0 Å². The zero-order valence-corrected chi connectivity index (χ0v) is 15.6. The first-order chi connectivity index (χ1) is 12.2. The van der Waals surface area contributed by atoms with Crippen molar-refractivity contribution in [3.05, 3.63) is 59.7 Å². The fourth-order valence-electron chi connectivity index (χ4n) is 2.66. The SMILES string of the molecule is CCNOCc1ccc(Sc2cc3ccccc3c(NC)n2)cc1C. The van der Waals surface area contributed by atoms with Gasteiger partial charge in [-0.3, -0.25) is 4.84 Å². The average Bonchev–Trinajstić information content (AvgIpc) is 2.63. The molecule has 0 aliphatic carbocycles. The summed E-state index contributed by atoms with van der Waals surface area (Å²) in [4.78, 5) is 11.3. The van der Waals surface area contributed by atoms with Crippen LogP contribution in [0.5, 0.6) is 0 Å². The van der Waals surface area contributed by atoms with Crippen molar-refractivity contribution in [3.8, 4) is 0 Å². The van der Waals surface area contributed by atoms with Gasteiger partial charge in [-0.25, -0.2) is 10.5 Å². The number of hydroxylamine groups is 1. The molecule has 0 unspecified atom stereocenters. The van der Waals surface area contributed by atoms with Gasteiger partial charge in [0.05, 0.1) is 6.61 Å². The minimum Gasteiger partial charge on any atom is -0.373 e. The fraction of sp³-hybridized carbons (Fsp3) is 0.250. The Kier molecular flexibility index (Phi) is 5.91. The maximum absolute atomic E-state index is 5.41. The third kappa shape index (κ3) is 4.31. The lowest BCUT2D eigenvalue weighted by Gasteiger charge is -2.11. The molecular formula is C20H23N3OS. The van der Waals surface area contributed by atoms with Crippen molar-refractivity contribution < 1.29 is 4.84 Å². The number of hydrogen-bond donors (Lipinski definition) is 2. The van der Waals surface area contributed by atoms with Gasteiger partial charge in [-0.15, -0.1) is 0 Å². The van der Waals surface area contributed by atoms with Crippen LogP contribution in [0.15, 0.2) is 58.5 Å². The molecule has 3 rings (SSSR count). The Morgan fingerprint density at radius 2 is 1.96 bits per heavy atom. The van der Waals surface area contributed by atoms with Crippen LogP contribution in [0.1, 0.15) is 18.1 Å². The Bertz CT molecular complexity index is 867. The lowest BCUT2D eigenvalue weighted by Crippen LogP contribution is -2.13. The number of aryl methyl sites for hydroxylation is 1. The fourth-order valence-corrected chi connectivity index (χ4v) is 3.60. The summed E-state index contributed by atoms with van der Waals surface area (Å²) in [5, 5.41) is 6.51. The molecule has 0 spiro atoms. The molecule has 130 valence electrons. The van der Waals surface area contributed by atoms with E-state index in [-0.39, 0.29) is 0 Å². The first-order valence-electron chi connectivity index (χ1n) is 8.41. The summed E-state index contributed by atoms with van der Waals surface area (Å²) in [5.41, 5.74) is 5.29. The molecule has 0 atom stereocenters. The van der Waals surface area contributed by atoms with Crippen LogP contribution in [0, 0.1) is 6.92 Å². The Labute approximate surface area is 153 Å². The highest BCUT2D eigenvalue weighted by Gasteiger charge is 2.07. The van der Waals surface area contributed by atoms with E-state index in [1.54, 1.807) is 11.8 Å². The standard InChI is InChI=1S/C20H23N3OS/c1-4-22-24-13-16-9-10-17(11-14(16)2)25-19-12-15-7-5-6-8-18(15)20(21-3)23-19/h5-12,22H,4,13H2,1-3H3,(H,21,23). The predicted octanol–water partition coefficient (Wildman–Crippen LogP) is 4.78. The van der Waals surface area contributed by atoms with Crippen LogP contribution in [0.2, 0.25) is 0 Å². The monoisotopic (exact) mass is 353 g/mol. The summed E-state index contributed by atoms with van der Waals surface area (Å²) >= 11 is 1.68. The maximum Gasteiger partial charge on any atom is 0.134 e. The van der Waals surface area contributed by atoms with Crippen LogP contribution >= 0.6 is 11.8 Å². The lowest BCUT2D eigenvalue weighted by atomic mass is 10.1. The molecule has 0 radical (unpaired) electrons. The molecule has 0 saturated carbocycles. The van der Waals surface area contributed by atoms with E-state index in [2.05, 4.69) is 60.2 Å². The highest BCUT2D eigenvalue weighted by atomic mass is 32.2. The number of nitrogens with one attached hydrogen (secondary N) is 2. The van der Waals surface area contributed by atoms with Gasteiger partial charge >= 0.3 is 0 Å². The van der Waals surface area contributed by atoms with Crippen molar-refractivity contribution in [2.45, 2.75) is 30.4 Å². The van der Waals surface area contributed by atoms with Crippen LogP contribution in [0.25, 0.3) is 10.8 Å². The van der Waals surface area contributed by atoms with E-state index < -0.39 is 0 Å². The number of anilines is 1. The topological polar surface area (TPSA) is 46.2 Å². The van der Waals surface area contributed by atoms with Gasteiger partial charge < -0.3 is 5.32 Å². The second kappa shape index (κ2) is 8.34. The van der Waals surface area contributed by atoms with Crippen molar-refractivity contribution in [2.75, 3.05) is 18.9 Å². The first-order valence-corrected chi connectivity index (χ1v) is 9.22. The first kappa shape index (κ1) is 17.7. The molecule has 0 fully saturated rings. The second-order valence-electron chi connectivity index (χ2n) is 5.76. The number of rotatable bonds is 7. The van der Waals surface area contributed by atoms with Crippen molar-refractivity contribution >= 4 is 28.4 Å². The number of benzene rings is 2. The van der Waals surface area contributed by atoms with Gasteiger partial charge in [-0.05, 0) is 41.6 Å². The van der Waals surface area contributed by atoms with Gasteiger partial charge in [0.25, 0.3) is 0 Å². The largest absolute Gasteiger partial charge is 0.373 e. The van der Waals surface area contributed by atoms with Crippen LogP contribution in [0.4, 0.5) is 5.82 Å². The highest BCUT2D eigenvalue weighted by Crippen LogP contribution is 2.32. The van der Waals surface area contributed by atoms with Crippen LogP contribution in [-0.2, 0) is 11.4 Å². The third-order valence-corrected chi connectivity index (χ3v) is 4.87. The smallest absolute Gasteiger partial charge is 0.134 e. The van der Waals surface area contributed by atoms with E-state index in [1.165, 1.54) is 21.4 Å². The molecule has 0 saturated heterocycles. The number of nitrogens with zero attached hydrogens (tertiary/aromatic N) is 1. The Morgan fingerprint density at radius 1 is 1.12 bits per heavy atom. The Morgan fingerprint density at radius 3 is 2.72 bits per heavy atom. The molecule has 3 aromatic rings. The molecule has 0 amide bonds. The van der Waals surface area contributed by atoms with Crippen molar-refractivity contribution in [1.82, 2.24) is 10.5 Å². The number of pyridine rings is 1. The third-order valence-electron chi connectivity index (χ3n) is 3.96. The van der Waals surface area contributed by atoms with Crippen molar-refractivity contribution in [1.29, 1.82) is 0 Å². The minimum absolute atomic E-state index is 0.572. The van der Waals surface area contributed by atoms with Gasteiger partial charge in [0.2, 0.25) is 0 Å². The summed E-state index contributed by atoms with van der Waals surface area (Å²) in [7, 11) is 1.91. The number of fused-ring (bicyclic) bond motifs is 1. The minimum atomic E-state index is 0.572.